The first-order chi connectivity index (χ1) is 9.03. The summed E-state index contributed by atoms with van der Waals surface area (Å²) < 4.78 is 0. The average molecular weight is 274 g/mol. The van der Waals surface area contributed by atoms with Gasteiger partial charge in [0.15, 0.2) is 5.57 Å². The van der Waals surface area contributed by atoms with Gasteiger partial charge in [0.1, 0.15) is 29.6 Å². The first kappa shape index (κ1) is 14.0. The van der Waals surface area contributed by atoms with Crippen LogP contribution in [-0.2, 0) is 0 Å². The Kier molecular flexibility index (Phi) is 4.43. The lowest BCUT2D eigenvalue weighted by molar-refractivity contribution is -0.383. The molecule has 0 aliphatic heterocycles. The predicted octanol–water partition coefficient (Wildman–Crippen LogP) is 2.48. The predicted molar refractivity (Wildman–Crippen MR) is 65.6 cm³/mol. The lowest BCUT2D eigenvalue weighted by Crippen LogP contribution is -2.03. The van der Waals surface area contributed by atoms with E-state index < -0.39 is 10.5 Å². The molecule has 1 aromatic rings. The van der Waals surface area contributed by atoms with Crippen LogP contribution in [0.2, 0.25) is 5.02 Å². The van der Waals surface area contributed by atoms with E-state index in [2.05, 4.69) is 5.32 Å². The zero-order valence-corrected chi connectivity index (χ0v) is 9.97. The molecule has 0 unspecified atom stereocenters. The maximum atomic E-state index is 10.8. The molecule has 0 atom stereocenters. The van der Waals surface area contributed by atoms with E-state index in [0.717, 1.165) is 6.07 Å². The maximum absolute atomic E-state index is 10.8. The summed E-state index contributed by atoms with van der Waals surface area (Å²) in [6.07, 6.45) is 0. The van der Waals surface area contributed by atoms with Crippen LogP contribution < -0.4 is 5.32 Å². The fourth-order valence-electron chi connectivity index (χ4n) is 1.18. The number of allylic oxidation sites excluding steroid dienone is 2. The summed E-state index contributed by atoms with van der Waals surface area (Å²) >= 11 is 5.63. The molecule has 0 spiro atoms. The van der Waals surface area contributed by atoms with E-state index in [1.807, 2.05) is 0 Å². The van der Waals surface area contributed by atoms with Crippen LogP contribution in [0.1, 0.15) is 0 Å². The molecule has 0 saturated carbocycles. The van der Waals surface area contributed by atoms with Gasteiger partial charge >= 0.3 is 0 Å². The number of nitriles is 3. The SMILES string of the molecule is N#CC(C#N)=C(C#N)Nc1ccc(Cl)cc1[N+](=O)[O-]. The highest BCUT2D eigenvalue weighted by Gasteiger charge is 2.16. The highest BCUT2D eigenvalue weighted by molar-refractivity contribution is 6.30. The van der Waals surface area contributed by atoms with Crippen LogP contribution in [-0.4, -0.2) is 4.92 Å². The molecule has 1 rings (SSSR count). The summed E-state index contributed by atoms with van der Waals surface area (Å²) in [4.78, 5) is 10.1. The molecule has 1 aromatic carbocycles. The number of benzene rings is 1. The van der Waals surface area contributed by atoms with Crippen LogP contribution in [0.4, 0.5) is 11.4 Å². The fraction of sp³-hybridized carbons (Fsp3) is 0. The van der Waals surface area contributed by atoms with Gasteiger partial charge in [-0.05, 0) is 12.1 Å². The minimum Gasteiger partial charge on any atom is -0.340 e. The third-order valence-corrected chi connectivity index (χ3v) is 2.24. The zero-order chi connectivity index (χ0) is 14.4. The van der Waals surface area contributed by atoms with Gasteiger partial charge in [-0.15, -0.1) is 0 Å². The van der Waals surface area contributed by atoms with Crippen LogP contribution >= 0.6 is 11.6 Å². The molecule has 0 amide bonds. The monoisotopic (exact) mass is 273 g/mol. The number of anilines is 1. The summed E-state index contributed by atoms with van der Waals surface area (Å²) in [5.41, 5.74) is -1.23. The van der Waals surface area contributed by atoms with Gasteiger partial charge in [-0.1, -0.05) is 11.6 Å². The highest BCUT2D eigenvalue weighted by Crippen LogP contribution is 2.29. The second-order valence-corrected chi connectivity index (χ2v) is 3.57. The third kappa shape index (κ3) is 3.19. The highest BCUT2D eigenvalue weighted by atomic mass is 35.5. The molecular weight excluding hydrogens is 270 g/mol. The van der Waals surface area contributed by atoms with Gasteiger partial charge < -0.3 is 5.32 Å². The minimum atomic E-state index is -0.693. The van der Waals surface area contributed by atoms with Crippen LogP contribution in [0.15, 0.2) is 29.5 Å². The van der Waals surface area contributed by atoms with Gasteiger partial charge in [-0.25, -0.2) is 0 Å². The van der Waals surface area contributed by atoms with Gasteiger partial charge in [-0.3, -0.25) is 10.1 Å². The van der Waals surface area contributed by atoms with Crippen LogP contribution in [0.3, 0.4) is 0 Å². The maximum Gasteiger partial charge on any atom is 0.294 e. The van der Waals surface area contributed by atoms with Crippen LogP contribution in [0.5, 0.6) is 0 Å². The summed E-state index contributed by atoms with van der Waals surface area (Å²) in [5, 5.41) is 39.5. The Morgan fingerprint density at radius 3 is 2.37 bits per heavy atom. The van der Waals surface area contributed by atoms with Gasteiger partial charge in [0, 0.05) is 11.1 Å². The molecule has 0 saturated heterocycles. The fourth-order valence-corrected chi connectivity index (χ4v) is 1.35. The van der Waals surface area contributed by atoms with E-state index in [9.17, 15) is 10.1 Å². The number of nitro benzene ring substituents is 1. The van der Waals surface area contributed by atoms with E-state index in [1.165, 1.54) is 24.3 Å². The smallest absolute Gasteiger partial charge is 0.294 e. The van der Waals surface area contributed by atoms with E-state index in [0.29, 0.717) is 0 Å². The van der Waals surface area contributed by atoms with Crippen molar-refractivity contribution in [3.8, 4) is 18.2 Å². The number of halogens is 1. The van der Waals surface area contributed by atoms with Crippen molar-refractivity contribution in [3.05, 3.63) is 44.6 Å². The van der Waals surface area contributed by atoms with Crippen molar-refractivity contribution in [2.24, 2.45) is 0 Å². The van der Waals surface area contributed by atoms with Crippen molar-refractivity contribution < 1.29 is 4.92 Å². The number of rotatable bonds is 3. The summed E-state index contributed by atoms with van der Waals surface area (Å²) in [7, 11) is 0. The first-order valence-electron chi connectivity index (χ1n) is 4.69. The summed E-state index contributed by atoms with van der Waals surface area (Å²) in [6, 6.07) is 8.40. The number of hydrogen-bond acceptors (Lipinski definition) is 6. The van der Waals surface area contributed by atoms with Crippen molar-refractivity contribution in [2.45, 2.75) is 0 Å². The zero-order valence-electron chi connectivity index (χ0n) is 9.22. The number of nitrogens with one attached hydrogen (secondary N) is 1. The number of nitro groups is 1. The third-order valence-electron chi connectivity index (χ3n) is 2.00. The largest absolute Gasteiger partial charge is 0.340 e. The standard InChI is InChI=1S/C11H4ClN5O2/c12-8-1-2-9(11(3-8)17(18)19)16-10(6-15)7(4-13)5-14/h1-3,16H. The van der Waals surface area contributed by atoms with Gasteiger partial charge in [0.25, 0.3) is 5.69 Å². The van der Waals surface area contributed by atoms with Gasteiger partial charge in [-0.2, -0.15) is 15.8 Å². The molecule has 0 heterocycles. The van der Waals surface area contributed by atoms with E-state index in [1.54, 1.807) is 6.07 Å². The van der Waals surface area contributed by atoms with E-state index in [4.69, 9.17) is 27.4 Å². The molecule has 1 N–H and O–H groups in total. The molecule has 0 radical (unpaired) electrons. The normalized spacial score (nSPS) is 8.53. The average Bonchev–Trinajstić information content (AvgIpc) is 2.40. The van der Waals surface area contributed by atoms with Gasteiger partial charge in [0.2, 0.25) is 0 Å². The molecule has 0 aromatic heterocycles. The molecule has 92 valence electrons. The van der Waals surface area contributed by atoms with Crippen molar-refractivity contribution in [1.29, 1.82) is 15.8 Å². The molecule has 0 bridgehead atoms. The topological polar surface area (TPSA) is 127 Å². The lowest BCUT2D eigenvalue weighted by atomic mass is 10.2. The molecule has 0 fully saturated rings. The summed E-state index contributed by atoms with van der Waals surface area (Å²) in [5.74, 6) is 0. The molecule has 7 nitrogen and oxygen atoms in total. The second-order valence-electron chi connectivity index (χ2n) is 3.13. The van der Waals surface area contributed by atoms with Crippen molar-refractivity contribution in [3.63, 3.8) is 0 Å². The lowest BCUT2D eigenvalue weighted by Gasteiger charge is -2.05. The quantitative estimate of drug-likeness (QED) is 0.512. The van der Waals surface area contributed by atoms with Gasteiger partial charge in [0.05, 0.1) is 4.92 Å². The molecule has 8 heteroatoms. The van der Waals surface area contributed by atoms with Crippen LogP contribution in [0, 0.1) is 44.1 Å². The minimum absolute atomic E-state index is 0.0334. The number of nitrogens with zero attached hydrogens (tertiary/aromatic N) is 4. The Bertz CT molecular complexity index is 675. The molecular formula is C11H4ClN5O2. The molecule has 0 aliphatic rings. The van der Waals surface area contributed by atoms with Crippen molar-refractivity contribution in [1.82, 2.24) is 0 Å². The molecule has 19 heavy (non-hydrogen) atoms. The van der Waals surface area contributed by atoms with Crippen molar-refractivity contribution in [2.75, 3.05) is 5.32 Å². The number of hydrogen-bond donors (Lipinski definition) is 1. The Morgan fingerprint density at radius 2 is 1.89 bits per heavy atom. The Morgan fingerprint density at radius 1 is 1.26 bits per heavy atom. The second kappa shape index (κ2) is 6.02. The molecule has 0 aliphatic carbocycles. The van der Waals surface area contributed by atoms with Crippen molar-refractivity contribution >= 4 is 23.0 Å². The first-order valence-corrected chi connectivity index (χ1v) is 5.06. The Balaban J connectivity index is 3.32. The Labute approximate surface area is 112 Å². The Hall–Kier alpha value is -3.08. The van der Waals surface area contributed by atoms with E-state index >= 15 is 0 Å². The van der Waals surface area contributed by atoms with E-state index in [-0.39, 0.29) is 22.1 Å². The summed E-state index contributed by atoms with van der Waals surface area (Å²) in [6.45, 7) is 0. The van der Waals surface area contributed by atoms with Crippen LogP contribution in [0.25, 0.3) is 0 Å².